The molecule has 0 saturated carbocycles. The number of nitrogens with one attached hydrogen (secondary N) is 1. The van der Waals surface area contributed by atoms with Gasteiger partial charge in [0.15, 0.2) is 0 Å². The Kier molecular flexibility index (Phi) is 4.88. The monoisotopic (exact) mass is 268 g/mol. The summed E-state index contributed by atoms with van der Waals surface area (Å²) in [6, 6.07) is 6.88. The Morgan fingerprint density at radius 1 is 1.00 bits per heavy atom. The van der Waals surface area contributed by atoms with Crippen LogP contribution >= 0.6 is 0 Å². The standard InChI is InChI=1S/C15H22F2N2/c1-11(2)12-3-5-13(6-4-12)14(15(16)17)19-9-7-18-8-10-19/h3-6,11,14-15,18H,7-10H2,1-2H3/t14-/m1/s1. The number of nitrogens with zero attached hydrogens (tertiary/aromatic N) is 1. The molecule has 1 aromatic carbocycles. The van der Waals surface area contributed by atoms with Gasteiger partial charge in [-0.3, -0.25) is 4.90 Å². The highest BCUT2D eigenvalue weighted by molar-refractivity contribution is 5.27. The molecule has 0 unspecified atom stereocenters. The number of hydrogen-bond acceptors (Lipinski definition) is 2. The molecule has 0 amide bonds. The first-order valence-corrected chi connectivity index (χ1v) is 6.92. The third-order valence-corrected chi connectivity index (χ3v) is 3.73. The van der Waals surface area contributed by atoms with Crippen LogP contribution in [0.2, 0.25) is 0 Å². The zero-order valence-corrected chi connectivity index (χ0v) is 11.6. The van der Waals surface area contributed by atoms with Crippen LogP contribution in [0.25, 0.3) is 0 Å². The first-order valence-electron chi connectivity index (χ1n) is 6.92. The average molecular weight is 268 g/mol. The summed E-state index contributed by atoms with van der Waals surface area (Å²) < 4.78 is 26.7. The molecular weight excluding hydrogens is 246 g/mol. The molecule has 0 radical (unpaired) electrons. The minimum absolute atomic E-state index is 0.429. The zero-order valence-electron chi connectivity index (χ0n) is 11.6. The van der Waals surface area contributed by atoms with Crippen molar-refractivity contribution in [3.05, 3.63) is 35.4 Å². The van der Waals surface area contributed by atoms with Crippen molar-refractivity contribution in [2.24, 2.45) is 0 Å². The molecule has 2 rings (SSSR count). The van der Waals surface area contributed by atoms with Gasteiger partial charge in [-0.05, 0) is 17.0 Å². The molecule has 0 aliphatic carbocycles. The van der Waals surface area contributed by atoms with Crippen LogP contribution in [-0.2, 0) is 0 Å². The molecule has 1 N–H and O–H groups in total. The Labute approximate surface area is 113 Å². The maximum atomic E-state index is 13.4. The molecule has 1 fully saturated rings. The predicted molar refractivity (Wildman–Crippen MR) is 73.7 cm³/mol. The van der Waals surface area contributed by atoms with Gasteiger partial charge in [0.05, 0.1) is 6.04 Å². The van der Waals surface area contributed by atoms with E-state index in [9.17, 15) is 8.78 Å². The molecule has 1 aliphatic heterocycles. The van der Waals surface area contributed by atoms with Crippen molar-refractivity contribution >= 4 is 0 Å². The zero-order chi connectivity index (χ0) is 13.8. The summed E-state index contributed by atoms with van der Waals surface area (Å²) in [5.74, 6) is 0.429. The summed E-state index contributed by atoms with van der Waals surface area (Å²) >= 11 is 0. The van der Waals surface area contributed by atoms with E-state index in [4.69, 9.17) is 0 Å². The van der Waals surface area contributed by atoms with Gasteiger partial charge in [0.25, 0.3) is 6.43 Å². The minimum atomic E-state index is -2.34. The van der Waals surface area contributed by atoms with E-state index in [0.717, 1.165) is 18.7 Å². The Morgan fingerprint density at radius 2 is 1.53 bits per heavy atom. The van der Waals surface area contributed by atoms with E-state index < -0.39 is 12.5 Å². The van der Waals surface area contributed by atoms with Gasteiger partial charge < -0.3 is 5.32 Å². The molecule has 0 aromatic heterocycles. The summed E-state index contributed by atoms with van der Waals surface area (Å²) in [5.41, 5.74) is 1.92. The van der Waals surface area contributed by atoms with E-state index in [0.29, 0.717) is 19.0 Å². The first-order chi connectivity index (χ1) is 9.09. The van der Waals surface area contributed by atoms with Crippen LogP contribution in [0.15, 0.2) is 24.3 Å². The molecule has 2 nitrogen and oxygen atoms in total. The lowest BCUT2D eigenvalue weighted by Gasteiger charge is -2.34. The molecule has 1 heterocycles. The van der Waals surface area contributed by atoms with Crippen LogP contribution in [-0.4, -0.2) is 37.5 Å². The van der Waals surface area contributed by atoms with Crippen molar-refractivity contribution in [3.63, 3.8) is 0 Å². The van der Waals surface area contributed by atoms with E-state index in [1.807, 2.05) is 29.2 Å². The average Bonchev–Trinajstić information content (AvgIpc) is 2.40. The third kappa shape index (κ3) is 3.51. The molecule has 106 valence electrons. The molecule has 4 heteroatoms. The third-order valence-electron chi connectivity index (χ3n) is 3.73. The van der Waals surface area contributed by atoms with Gasteiger partial charge in [-0.1, -0.05) is 38.1 Å². The second kappa shape index (κ2) is 6.44. The topological polar surface area (TPSA) is 15.3 Å². The van der Waals surface area contributed by atoms with Gasteiger partial charge in [-0.2, -0.15) is 0 Å². The number of piperazine rings is 1. The van der Waals surface area contributed by atoms with Gasteiger partial charge in [0, 0.05) is 26.2 Å². The van der Waals surface area contributed by atoms with Crippen molar-refractivity contribution < 1.29 is 8.78 Å². The Bertz CT molecular complexity index is 384. The van der Waals surface area contributed by atoms with Crippen molar-refractivity contribution in [2.45, 2.75) is 32.2 Å². The molecule has 1 aromatic rings. The van der Waals surface area contributed by atoms with Crippen LogP contribution in [0.1, 0.15) is 36.9 Å². The fraction of sp³-hybridized carbons (Fsp3) is 0.600. The SMILES string of the molecule is CC(C)c1ccc([C@H](C(F)F)N2CCNCC2)cc1. The second-order valence-electron chi connectivity index (χ2n) is 5.39. The molecule has 0 bridgehead atoms. The number of rotatable bonds is 4. The fourth-order valence-electron chi connectivity index (χ4n) is 2.55. The molecule has 0 spiro atoms. The van der Waals surface area contributed by atoms with Crippen LogP contribution < -0.4 is 5.32 Å². The van der Waals surface area contributed by atoms with Gasteiger partial charge in [0.1, 0.15) is 0 Å². The van der Waals surface area contributed by atoms with Crippen molar-refractivity contribution in [1.82, 2.24) is 10.2 Å². The Morgan fingerprint density at radius 3 is 2.00 bits per heavy atom. The number of benzene rings is 1. The molecule has 1 saturated heterocycles. The summed E-state index contributed by atoms with van der Waals surface area (Å²) in [6.07, 6.45) is -2.34. The Hall–Kier alpha value is -1.00. The molecule has 19 heavy (non-hydrogen) atoms. The smallest absolute Gasteiger partial charge is 0.258 e. The lowest BCUT2D eigenvalue weighted by molar-refractivity contribution is 0.0182. The van der Waals surface area contributed by atoms with E-state index in [2.05, 4.69) is 19.2 Å². The van der Waals surface area contributed by atoms with Crippen LogP contribution in [0.5, 0.6) is 0 Å². The summed E-state index contributed by atoms with van der Waals surface area (Å²) in [4.78, 5) is 1.88. The number of alkyl halides is 2. The molecule has 1 atom stereocenters. The maximum absolute atomic E-state index is 13.4. The summed E-state index contributed by atoms with van der Waals surface area (Å²) in [5, 5.41) is 3.20. The highest BCUT2D eigenvalue weighted by Gasteiger charge is 2.29. The summed E-state index contributed by atoms with van der Waals surface area (Å²) in [6.45, 7) is 7.15. The van der Waals surface area contributed by atoms with Crippen LogP contribution in [0.4, 0.5) is 8.78 Å². The van der Waals surface area contributed by atoms with Gasteiger partial charge in [-0.15, -0.1) is 0 Å². The number of halogens is 2. The lowest BCUT2D eigenvalue weighted by Crippen LogP contribution is -2.46. The largest absolute Gasteiger partial charge is 0.314 e. The van der Waals surface area contributed by atoms with Crippen LogP contribution in [0, 0.1) is 0 Å². The number of hydrogen-bond donors (Lipinski definition) is 1. The van der Waals surface area contributed by atoms with E-state index >= 15 is 0 Å². The van der Waals surface area contributed by atoms with Gasteiger partial charge in [-0.25, -0.2) is 8.78 Å². The minimum Gasteiger partial charge on any atom is -0.314 e. The predicted octanol–water partition coefficient (Wildman–Crippen LogP) is 3.02. The van der Waals surface area contributed by atoms with E-state index in [1.165, 1.54) is 5.56 Å². The van der Waals surface area contributed by atoms with Crippen LogP contribution in [0.3, 0.4) is 0 Å². The van der Waals surface area contributed by atoms with Gasteiger partial charge >= 0.3 is 0 Å². The maximum Gasteiger partial charge on any atom is 0.258 e. The first kappa shape index (κ1) is 14.4. The fourth-order valence-corrected chi connectivity index (χ4v) is 2.55. The highest BCUT2D eigenvalue weighted by Crippen LogP contribution is 2.29. The normalized spacial score (nSPS) is 19.1. The molecule has 1 aliphatic rings. The lowest BCUT2D eigenvalue weighted by atomic mass is 9.98. The highest BCUT2D eigenvalue weighted by atomic mass is 19.3. The Balaban J connectivity index is 2.18. The van der Waals surface area contributed by atoms with E-state index in [-0.39, 0.29) is 0 Å². The van der Waals surface area contributed by atoms with Crippen molar-refractivity contribution in [1.29, 1.82) is 0 Å². The summed E-state index contributed by atoms with van der Waals surface area (Å²) in [7, 11) is 0. The second-order valence-corrected chi connectivity index (χ2v) is 5.39. The van der Waals surface area contributed by atoms with Crippen molar-refractivity contribution in [3.8, 4) is 0 Å². The molecular formula is C15H22F2N2. The van der Waals surface area contributed by atoms with Crippen molar-refractivity contribution in [2.75, 3.05) is 26.2 Å². The van der Waals surface area contributed by atoms with E-state index in [1.54, 1.807) is 0 Å². The van der Waals surface area contributed by atoms with Gasteiger partial charge in [0.2, 0.25) is 0 Å². The quantitative estimate of drug-likeness (QED) is 0.903.